The molecule has 0 amide bonds. The maximum Gasteiger partial charge on any atom is 0.154 e. The molecule has 1 aromatic carbocycles. The van der Waals surface area contributed by atoms with Crippen molar-refractivity contribution in [3.63, 3.8) is 0 Å². The van der Waals surface area contributed by atoms with Crippen molar-refractivity contribution in [3.05, 3.63) is 35.1 Å². The van der Waals surface area contributed by atoms with Gasteiger partial charge in [0.25, 0.3) is 0 Å². The van der Waals surface area contributed by atoms with Gasteiger partial charge < -0.3 is 5.73 Å². The third kappa shape index (κ3) is 3.79. The summed E-state index contributed by atoms with van der Waals surface area (Å²) in [5.74, 6) is -1.42. The smallest absolute Gasteiger partial charge is 0.154 e. The van der Waals surface area contributed by atoms with Crippen molar-refractivity contribution >= 4 is 9.84 Å². The molecule has 4 nitrogen and oxygen atoms in total. The number of benzene rings is 1. The van der Waals surface area contributed by atoms with E-state index in [1.54, 1.807) is 13.0 Å². The SMILES string of the molecule is CC(CN)CS(=O)(=O)Cc1cccc(C#N)c1F. The first-order valence-corrected chi connectivity index (χ1v) is 7.29. The lowest BCUT2D eigenvalue weighted by Gasteiger charge is -2.10. The molecule has 0 heterocycles. The summed E-state index contributed by atoms with van der Waals surface area (Å²) in [6.45, 7) is 1.99. The van der Waals surface area contributed by atoms with E-state index < -0.39 is 21.4 Å². The zero-order valence-corrected chi connectivity index (χ0v) is 10.9. The van der Waals surface area contributed by atoms with E-state index in [2.05, 4.69) is 0 Å². The van der Waals surface area contributed by atoms with E-state index in [1.165, 1.54) is 18.2 Å². The molecule has 1 atom stereocenters. The Hall–Kier alpha value is -1.45. The number of hydrogen-bond donors (Lipinski definition) is 1. The predicted molar refractivity (Wildman–Crippen MR) is 66.8 cm³/mol. The molecule has 1 unspecified atom stereocenters. The fraction of sp³-hybridized carbons (Fsp3) is 0.417. The molecular weight excluding hydrogens is 255 g/mol. The number of sulfone groups is 1. The zero-order chi connectivity index (χ0) is 13.8. The van der Waals surface area contributed by atoms with E-state index in [9.17, 15) is 12.8 Å². The Morgan fingerprint density at radius 2 is 2.17 bits per heavy atom. The molecule has 2 N–H and O–H groups in total. The van der Waals surface area contributed by atoms with Crippen LogP contribution in [0.5, 0.6) is 0 Å². The Morgan fingerprint density at radius 1 is 1.50 bits per heavy atom. The van der Waals surface area contributed by atoms with E-state index in [0.29, 0.717) is 0 Å². The average Bonchev–Trinajstić information content (AvgIpc) is 2.31. The van der Waals surface area contributed by atoms with Crippen LogP contribution in [0, 0.1) is 23.1 Å². The minimum Gasteiger partial charge on any atom is -0.330 e. The lowest BCUT2D eigenvalue weighted by Crippen LogP contribution is -2.22. The van der Waals surface area contributed by atoms with Crippen LogP contribution < -0.4 is 5.73 Å². The molecule has 0 aliphatic heterocycles. The van der Waals surface area contributed by atoms with E-state index >= 15 is 0 Å². The molecule has 1 rings (SSSR count). The second-order valence-corrected chi connectivity index (χ2v) is 6.40. The summed E-state index contributed by atoms with van der Waals surface area (Å²) < 4.78 is 37.3. The van der Waals surface area contributed by atoms with Gasteiger partial charge in [-0.3, -0.25) is 0 Å². The first kappa shape index (κ1) is 14.6. The summed E-state index contributed by atoms with van der Waals surface area (Å²) >= 11 is 0. The summed E-state index contributed by atoms with van der Waals surface area (Å²) in [4.78, 5) is 0. The number of nitrogens with zero attached hydrogens (tertiary/aromatic N) is 1. The fourth-order valence-corrected chi connectivity index (χ4v) is 3.39. The summed E-state index contributed by atoms with van der Waals surface area (Å²) in [5, 5.41) is 8.67. The Kier molecular flexibility index (Phi) is 4.82. The summed E-state index contributed by atoms with van der Waals surface area (Å²) in [5.41, 5.74) is 5.25. The van der Waals surface area contributed by atoms with Crippen LogP contribution >= 0.6 is 0 Å². The normalized spacial score (nSPS) is 13.0. The molecule has 98 valence electrons. The van der Waals surface area contributed by atoms with Crippen LogP contribution in [0.4, 0.5) is 4.39 Å². The Balaban J connectivity index is 2.95. The van der Waals surface area contributed by atoms with Gasteiger partial charge in [0.15, 0.2) is 9.84 Å². The van der Waals surface area contributed by atoms with Crippen molar-refractivity contribution in [1.82, 2.24) is 0 Å². The van der Waals surface area contributed by atoms with E-state index in [0.717, 1.165) is 0 Å². The summed E-state index contributed by atoms with van der Waals surface area (Å²) in [6, 6.07) is 5.84. The van der Waals surface area contributed by atoms with Crippen molar-refractivity contribution in [1.29, 1.82) is 5.26 Å². The van der Waals surface area contributed by atoms with Gasteiger partial charge in [0.1, 0.15) is 11.9 Å². The van der Waals surface area contributed by atoms with E-state index in [4.69, 9.17) is 11.0 Å². The summed E-state index contributed by atoms with van der Waals surface area (Å²) in [7, 11) is -3.42. The fourth-order valence-electron chi connectivity index (χ4n) is 1.57. The molecule has 18 heavy (non-hydrogen) atoms. The Bertz CT molecular complexity index is 564. The molecule has 0 aliphatic carbocycles. The van der Waals surface area contributed by atoms with Crippen LogP contribution in [0.1, 0.15) is 18.1 Å². The highest BCUT2D eigenvalue weighted by Gasteiger charge is 2.19. The van der Waals surface area contributed by atoms with Crippen molar-refractivity contribution in [3.8, 4) is 6.07 Å². The second kappa shape index (κ2) is 5.94. The van der Waals surface area contributed by atoms with Gasteiger partial charge >= 0.3 is 0 Å². The molecule has 6 heteroatoms. The minimum atomic E-state index is -3.42. The number of hydrogen-bond acceptors (Lipinski definition) is 4. The molecule has 0 radical (unpaired) electrons. The minimum absolute atomic E-state index is 0.0262. The molecule has 0 fully saturated rings. The second-order valence-electron chi connectivity index (χ2n) is 4.29. The summed E-state index contributed by atoms with van der Waals surface area (Å²) in [6.07, 6.45) is 0. The van der Waals surface area contributed by atoms with E-state index in [-0.39, 0.29) is 29.3 Å². The Labute approximate surface area is 106 Å². The monoisotopic (exact) mass is 270 g/mol. The highest BCUT2D eigenvalue weighted by Crippen LogP contribution is 2.16. The molecular formula is C12H15FN2O2S. The molecule has 0 saturated heterocycles. The van der Waals surface area contributed by atoms with Gasteiger partial charge in [-0.05, 0) is 18.5 Å². The van der Waals surface area contributed by atoms with Gasteiger partial charge in [0, 0.05) is 5.56 Å². The standard InChI is InChI=1S/C12H15FN2O2S/c1-9(5-14)7-18(16,17)8-11-4-2-3-10(6-15)12(11)13/h2-4,9H,5,7-8,14H2,1H3. The van der Waals surface area contributed by atoms with Gasteiger partial charge in [-0.15, -0.1) is 0 Å². The van der Waals surface area contributed by atoms with Crippen LogP contribution in [0.15, 0.2) is 18.2 Å². The van der Waals surface area contributed by atoms with Gasteiger partial charge in [0.05, 0.1) is 17.1 Å². The van der Waals surface area contributed by atoms with Crippen LogP contribution in [0.2, 0.25) is 0 Å². The lowest BCUT2D eigenvalue weighted by molar-refractivity contribution is 0.568. The molecule has 0 saturated carbocycles. The molecule has 0 bridgehead atoms. The topological polar surface area (TPSA) is 84.0 Å². The van der Waals surface area contributed by atoms with Crippen LogP contribution in [-0.4, -0.2) is 20.7 Å². The van der Waals surface area contributed by atoms with Gasteiger partial charge in [-0.25, -0.2) is 12.8 Å². The predicted octanol–water partition coefficient (Wildman–Crippen LogP) is 1.21. The third-order valence-corrected chi connectivity index (χ3v) is 4.34. The molecule has 1 aromatic rings. The van der Waals surface area contributed by atoms with Gasteiger partial charge in [-0.2, -0.15) is 5.26 Å². The number of halogens is 1. The van der Waals surface area contributed by atoms with Crippen molar-refractivity contribution in [2.24, 2.45) is 11.7 Å². The van der Waals surface area contributed by atoms with Gasteiger partial charge in [0.2, 0.25) is 0 Å². The number of nitrogens with two attached hydrogens (primary N) is 1. The molecule has 0 spiro atoms. The highest BCUT2D eigenvalue weighted by atomic mass is 32.2. The molecule has 0 aliphatic rings. The van der Waals surface area contributed by atoms with Crippen LogP contribution in [-0.2, 0) is 15.6 Å². The van der Waals surface area contributed by atoms with Crippen molar-refractivity contribution < 1.29 is 12.8 Å². The van der Waals surface area contributed by atoms with Gasteiger partial charge in [-0.1, -0.05) is 19.1 Å². The first-order chi connectivity index (χ1) is 8.39. The zero-order valence-electron chi connectivity index (χ0n) is 10.1. The average molecular weight is 270 g/mol. The maximum absolute atomic E-state index is 13.7. The quantitative estimate of drug-likeness (QED) is 0.871. The molecule has 0 aromatic heterocycles. The number of nitriles is 1. The lowest BCUT2D eigenvalue weighted by atomic mass is 10.1. The van der Waals surface area contributed by atoms with E-state index in [1.807, 2.05) is 0 Å². The maximum atomic E-state index is 13.7. The van der Waals surface area contributed by atoms with Crippen LogP contribution in [0.25, 0.3) is 0 Å². The number of rotatable bonds is 5. The highest BCUT2D eigenvalue weighted by molar-refractivity contribution is 7.90. The Morgan fingerprint density at radius 3 is 2.72 bits per heavy atom. The van der Waals surface area contributed by atoms with Crippen LogP contribution in [0.3, 0.4) is 0 Å². The largest absolute Gasteiger partial charge is 0.330 e. The van der Waals surface area contributed by atoms with Crippen molar-refractivity contribution in [2.45, 2.75) is 12.7 Å². The third-order valence-electron chi connectivity index (χ3n) is 2.52. The van der Waals surface area contributed by atoms with Crippen molar-refractivity contribution in [2.75, 3.05) is 12.3 Å². The first-order valence-electron chi connectivity index (χ1n) is 5.47.